The average Bonchev–Trinajstić information content (AvgIpc) is 3.10. The van der Waals surface area contributed by atoms with Crippen molar-refractivity contribution in [3.8, 4) is 0 Å². The summed E-state index contributed by atoms with van der Waals surface area (Å²) in [5.41, 5.74) is 3.14. The molecule has 20 heavy (non-hydrogen) atoms. The maximum absolute atomic E-state index is 12.9. The first-order valence-corrected chi connectivity index (χ1v) is 7.97. The van der Waals surface area contributed by atoms with Crippen molar-refractivity contribution in [2.45, 2.75) is 32.7 Å². The fraction of sp³-hybridized carbons (Fsp3) is 0.353. The van der Waals surface area contributed by atoms with E-state index in [2.05, 4.69) is 30.5 Å². The van der Waals surface area contributed by atoms with E-state index in [4.69, 9.17) is 0 Å². The van der Waals surface area contributed by atoms with E-state index in [0.717, 1.165) is 30.5 Å². The molecule has 2 nitrogen and oxygen atoms in total. The van der Waals surface area contributed by atoms with Gasteiger partial charge in [0.15, 0.2) is 0 Å². The monoisotopic (exact) mass is 285 g/mol. The van der Waals surface area contributed by atoms with E-state index >= 15 is 0 Å². The summed E-state index contributed by atoms with van der Waals surface area (Å²) in [6, 6.07) is 10.5. The van der Waals surface area contributed by atoms with E-state index in [9.17, 15) is 4.79 Å². The molecule has 0 saturated carbocycles. The van der Waals surface area contributed by atoms with E-state index in [-0.39, 0.29) is 11.9 Å². The summed E-state index contributed by atoms with van der Waals surface area (Å²) in [6.45, 7) is 4.97. The number of thiophene rings is 1. The molecule has 1 aromatic carbocycles. The van der Waals surface area contributed by atoms with Crippen LogP contribution in [0.1, 0.15) is 45.2 Å². The molecule has 0 spiro atoms. The molecule has 0 bridgehead atoms. The second kappa shape index (κ2) is 5.41. The SMILES string of the molecule is Cc1cccc(C(=O)N2CCCC2c2cccs2)c1C. The van der Waals surface area contributed by atoms with E-state index in [1.54, 1.807) is 11.3 Å². The van der Waals surface area contributed by atoms with Crippen molar-refractivity contribution >= 4 is 17.2 Å². The summed E-state index contributed by atoms with van der Waals surface area (Å²) in [4.78, 5) is 16.2. The van der Waals surface area contributed by atoms with Gasteiger partial charge in [0.1, 0.15) is 0 Å². The van der Waals surface area contributed by atoms with Gasteiger partial charge in [0.2, 0.25) is 0 Å². The fourth-order valence-corrected chi connectivity index (χ4v) is 3.80. The number of carbonyl (C=O) groups is 1. The highest BCUT2D eigenvalue weighted by Crippen LogP contribution is 2.35. The van der Waals surface area contributed by atoms with E-state index in [1.165, 1.54) is 10.4 Å². The van der Waals surface area contributed by atoms with Crippen LogP contribution in [0.2, 0.25) is 0 Å². The molecule has 2 heterocycles. The van der Waals surface area contributed by atoms with Crippen molar-refractivity contribution in [2.24, 2.45) is 0 Å². The minimum absolute atomic E-state index is 0.183. The van der Waals surface area contributed by atoms with Crippen molar-refractivity contribution in [1.29, 1.82) is 0 Å². The Morgan fingerprint density at radius 1 is 1.25 bits per heavy atom. The Labute approximate surface area is 124 Å². The second-order valence-electron chi connectivity index (χ2n) is 5.42. The smallest absolute Gasteiger partial charge is 0.254 e. The topological polar surface area (TPSA) is 20.3 Å². The van der Waals surface area contributed by atoms with Crippen LogP contribution in [0.3, 0.4) is 0 Å². The summed E-state index contributed by atoms with van der Waals surface area (Å²) < 4.78 is 0. The predicted octanol–water partition coefficient (Wildman–Crippen LogP) is 4.34. The van der Waals surface area contributed by atoms with Crippen LogP contribution in [0.25, 0.3) is 0 Å². The molecule has 3 heteroatoms. The second-order valence-corrected chi connectivity index (χ2v) is 6.40. The Bertz CT molecular complexity index is 618. The molecule has 1 aliphatic heterocycles. The van der Waals surface area contributed by atoms with Crippen LogP contribution in [0.4, 0.5) is 0 Å². The van der Waals surface area contributed by atoms with Gasteiger partial charge in [-0.15, -0.1) is 11.3 Å². The van der Waals surface area contributed by atoms with Crippen molar-refractivity contribution in [1.82, 2.24) is 4.90 Å². The number of nitrogens with zero attached hydrogens (tertiary/aromatic N) is 1. The van der Waals surface area contributed by atoms with E-state index < -0.39 is 0 Å². The number of carbonyl (C=O) groups excluding carboxylic acids is 1. The summed E-state index contributed by atoms with van der Waals surface area (Å²) in [6.07, 6.45) is 2.18. The van der Waals surface area contributed by atoms with Gasteiger partial charge >= 0.3 is 0 Å². The Morgan fingerprint density at radius 2 is 2.10 bits per heavy atom. The van der Waals surface area contributed by atoms with Gasteiger partial charge in [-0.25, -0.2) is 0 Å². The molecule has 104 valence electrons. The third kappa shape index (κ3) is 2.27. The largest absolute Gasteiger partial charge is 0.331 e. The zero-order valence-corrected chi connectivity index (χ0v) is 12.7. The van der Waals surface area contributed by atoms with Gasteiger partial charge < -0.3 is 4.90 Å². The lowest BCUT2D eigenvalue weighted by Crippen LogP contribution is -2.30. The summed E-state index contributed by atoms with van der Waals surface area (Å²) in [5, 5.41) is 2.09. The van der Waals surface area contributed by atoms with Gasteiger partial charge in [0.05, 0.1) is 6.04 Å². The number of rotatable bonds is 2. The van der Waals surface area contributed by atoms with Crippen LogP contribution >= 0.6 is 11.3 Å². The number of amides is 1. The van der Waals surface area contributed by atoms with E-state index in [0.29, 0.717) is 0 Å². The first-order valence-electron chi connectivity index (χ1n) is 7.09. The summed E-state index contributed by atoms with van der Waals surface area (Å²) in [5.74, 6) is 0.183. The van der Waals surface area contributed by atoms with Gasteiger partial charge in [-0.1, -0.05) is 18.2 Å². The predicted molar refractivity (Wildman–Crippen MR) is 83.2 cm³/mol. The third-order valence-electron chi connectivity index (χ3n) is 4.22. The quantitative estimate of drug-likeness (QED) is 0.803. The highest BCUT2D eigenvalue weighted by Gasteiger charge is 2.31. The Morgan fingerprint density at radius 3 is 2.85 bits per heavy atom. The fourth-order valence-electron chi connectivity index (χ4n) is 2.92. The summed E-state index contributed by atoms with van der Waals surface area (Å²) >= 11 is 1.75. The van der Waals surface area contributed by atoms with Crippen LogP contribution in [-0.4, -0.2) is 17.4 Å². The van der Waals surface area contributed by atoms with Crippen LogP contribution in [-0.2, 0) is 0 Å². The van der Waals surface area contributed by atoms with Gasteiger partial charge in [-0.3, -0.25) is 4.79 Å². The lowest BCUT2D eigenvalue weighted by molar-refractivity contribution is 0.0737. The molecule has 1 aromatic heterocycles. The number of hydrogen-bond donors (Lipinski definition) is 0. The van der Waals surface area contributed by atoms with Crippen LogP contribution in [0.5, 0.6) is 0 Å². The lowest BCUT2D eigenvalue weighted by atomic mass is 10.0. The van der Waals surface area contributed by atoms with Crippen LogP contribution in [0.15, 0.2) is 35.7 Å². The molecule has 2 aromatic rings. The molecule has 3 rings (SSSR count). The molecular weight excluding hydrogens is 266 g/mol. The molecule has 1 saturated heterocycles. The molecule has 1 atom stereocenters. The Hall–Kier alpha value is -1.61. The minimum Gasteiger partial charge on any atom is -0.331 e. The Balaban J connectivity index is 1.92. The van der Waals surface area contributed by atoms with Crippen molar-refractivity contribution in [2.75, 3.05) is 6.54 Å². The summed E-state index contributed by atoms with van der Waals surface area (Å²) in [7, 11) is 0. The molecule has 1 fully saturated rings. The highest BCUT2D eigenvalue weighted by atomic mass is 32.1. The molecule has 0 radical (unpaired) electrons. The maximum atomic E-state index is 12.9. The normalized spacial score (nSPS) is 18.5. The molecular formula is C17H19NOS. The standard InChI is InChI=1S/C17H19NOS/c1-12-6-3-7-14(13(12)2)17(19)18-10-4-8-15(18)16-9-5-11-20-16/h3,5-7,9,11,15H,4,8,10H2,1-2H3. The molecule has 1 amide bonds. The number of likely N-dealkylation sites (tertiary alicyclic amines) is 1. The highest BCUT2D eigenvalue weighted by molar-refractivity contribution is 7.10. The number of hydrogen-bond acceptors (Lipinski definition) is 2. The number of aryl methyl sites for hydroxylation is 1. The molecule has 1 aliphatic rings. The van der Waals surface area contributed by atoms with Crippen molar-refractivity contribution in [3.63, 3.8) is 0 Å². The zero-order chi connectivity index (χ0) is 14.1. The lowest BCUT2D eigenvalue weighted by Gasteiger charge is -2.25. The van der Waals surface area contributed by atoms with Gasteiger partial charge in [0, 0.05) is 17.0 Å². The molecule has 0 N–H and O–H groups in total. The van der Waals surface area contributed by atoms with Gasteiger partial charge in [-0.05, 0) is 55.3 Å². The first kappa shape index (κ1) is 13.4. The molecule has 0 aliphatic carbocycles. The van der Waals surface area contributed by atoms with Crippen molar-refractivity contribution in [3.05, 3.63) is 57.3 Å². The van der Waals surface area contributed by atoms with E-state index in [1.807, 2.05) is 24.0 Å². The Kier molecular flexibility index (Phi) is 3.62. The van der Waals surface area contributed by atoms with Gasteiger partial charge in [0.25, 0.3) is 5.91 Å². The minimum atomic E-state index is 0.183. The first-order chi connectivity index (χ1) is 9.68. The average molecular weight is 285 g/mol. The maximum Gasteiger partial charge on any atom is 0.254 e. The third-order valence-corrected chi connectivity index (χ3v) is 5.19. The zero-order valence-electron chi connectivity index (χ0n) is 11.9. The van der Waals surface area contributed by atoms with Crippen LogP contribution < -0.4 is 0 Å². The number of benzene rings is 1. The molecule has 1 unspecified atom stereocenters. The van der Waals surface area contributed by atoms with Crippen LogP contribution in [0, 0.1) is 13.8 Å². The van der Waals surface area contributed by atoms with Gasteiger partial charge in [-0.2, -0.15) is 0 Å². The van der Waals surface area contributed by atoms with Crippen molar-refractivity contribution < 1.29 is 4.79 Å².